The van der Waals surface area contributed by atoms with Crippen LogP contribution in [-0.4, -0.2) is 14.1 Å². The van der Waals surface area contributed by atoms with Gasteiger partial charge >= 0.3 is 0 Å². The van der Waals surface area contributed by atoms with E-state index in [2.05, 4.69) is 11.8 Å². The molecule has 64 valence electrons. The molecule has 0 bridgehead atoms. The Morgan fingerprint density at radius 2 is 1.85 bits per heavy atom. The lowest BCUT2D eigenvalue weighted by Crippen LogP contribution is -3.00. The van der Waals surface area contributed by atoms with Gasteiger partial charge in [0.2, 0.25) is 0 Å². The van der Waals surface area contributed by atoms with Gasteiger partial charge in [-0.1, -0.05) is 17.9 Å². The second-order valence-electron chi connectivity index (χ2n) is 3.02. The van der Waals surface area contributed by atoms with Gasteiger partial charge in [-0.2, -0.15) is 0 Å². The molecule has 1 aromatic carbocycles. The summed E-state index contributed by atoms with van der Waals surface area (Å²) in [6, 6.07) is 5.78. The number of hydrogen-bond donors (Lipinski definition) is 1. The molecule has 0 unspecified atom stereocenters. The third-order valence-electron chi connectivity index (χ3n) is 1.90. The van der Waals surface area contributed by atoms with E-state index < -0.39 is 0 Å². The first kappa shape index (κ1) is 9.39. The first-order chi connectivity index (χ1) is 6.20. The number of benzene rings is 1. The predicted molar refractivity (Wildman–Crippen MR) is 54.8 cm³/mol. The zero-order chi connectivity index (χ0) is 9.84. The molecule has 1 N–H and O–H groups in total. The average molecular weight is 170 g/mol. The minimum Gasteiger partial charge on any atom is -0.306 e. The van der Waals surface area contributed by atoms with E-state index in [0.29, 0.717) is 0 Å². The van der Waals surface area contributed by atoms with Gasteiger partial charge in [0.25, 0.3) is 0 Å². The van der Waals surface area contributed by atoms with Crippen molar-refractivity contribution in [1.82, 2.24) is 0 Å². The van der Waals surface area contributed by atoms with Crippen LogP contribution in [0.25, 0.3) is 0 Å². The summed E-state index contributed by atoms with van der Waals surface area (Å²) in [6.07, 6.45) is 10.7. The summed E-state index contributed by atoms with van der Waals surface area (Å²) in [4.78, 5) is 1.19. The molecule has 0 atom stereocenters. The molecule has 0 aliphatic carbocycles. The lowest BCUT2D eigenvalue weighted by Gasteiger charge is -2.09. The van der Waals surface area contributed by atoms with Crippen molar-refractivity contribution in [2.45, 2.75) is 0 Å². The average Bonchev–Trinajstić information content (AvgIpc) is 2.16. The zero-order valence-electron chi connectivity index (χ0n) is 7.89. The molecule has 0 saturated heterocycles. The van der Waals surface area contributed by atoms with Crippen molar-refractivity contribution in [1.29, 1.82) is 0 Å². The third kappa shape index (κ3) is 1.72. The van der Waals surface area contributed by atoms with E-state index >= 15 is 0 Å². The van der Waals surface area contributed by atoms with Gasteiger partial charge < -0.3 is 4.90 Å². The van der Waals surface area contributed by atoms with Gasteiger partial charge in [0.05, 0.1) is 14.1 Å². The molecule has 0 aliphatic heterocycles. The fourth-order valence-corrected chi connectivity index (χ4v) is 1.24. The van der Waals surface area contributed by atoms with Gasteiger partial charge in [-0.15, -0.1) is 12.8 Å². The fourth-order valence-electron chi connectivity index (χ4n) is 1.24. The van der Waals surface area contributed by atoms with Crippen molar-refractivity contribution in [3.63, 3.8) is 0 Å². The Morgan fingerprint density at radius 1 is 1.15 bits per heavy atom. The van der Waals surface area contributed by atoms with Crippen LogP contribution in [0.15, 0.2) is 18.2 Å². The topological polar surface area (TPSA) is 4.44 Å². The molecule has 1 rings (SSSR count). The van der Waals surface area contributed by atoms with Gasteiger partial charge in [-0.05, 0) is 6.07 Å². The summed E-state index contributed by atoms with van der Waals surface area (Å²) in [6.45, 7) is 0. The normalized spacial score (nSPS) is 9.31. The minimum absolute atomic E-state index is 0.793. The van der Waals surface area contributed by atoms with Crippen molar-refractivity contribution < 1.29 is 4.90 Å². The van der Waals surface area contributed by atoms with E-state index in [9.17, 15) is 0 Å². The number of rotatable bonds is 1. The molecule has 0 heterocycles. The highest BCUT2D eigenvalue weighted by atomic mass is 15.1. The highest BCUT2D eigenvalue weighted by Crippen LogP contribution is 2.13. The summed E-state index contributed by atoms with van der Waals surface area (Å²) in [5.41, 5.74) is 2.68. The third-order valence-corrected chi connectivity index (χ3v) is 1.90. The first-order valence-electron chi connectivity index (χ1n) is 4.07. The van der Waals surface area contributed by atoms with E-state index in [0.717, 1.165) is 16.8 Å². The monoisotopic (exact) mass is 170 g/mol. The highest BCUT2D eigenvalue weighted by molar-refractivity contribution is 5.59. The van der Waals surface area contributed by atoms with E-state index in [4.69, 9.17) is 12.8 Å². The summed E-state index contributed by atoms with van der Waals surface area (Å²) >= 11 is 0. The number of nitrogens with one attached hydrogen (secondary N) is 1. The van der Waals surface area contributed by atoms with Crippen LogP contribution in [0.5, 0.6) is 0 Å². The molecule has 0 aliphatic rings. The van der Waals surface area contributed by atoms with Gasteiger partial charge in [-0.25, -0.2) is 0 Å². The second-order valence-corrected chi connectivity index (χ2v) is 3.02. The van der Waals surface area contributed by atoms with Crippen LogP contribution in [0.4, 0.5) is 5.69 Å². The standard InChI is InChI=1S/C12H11N/c1-5-10-8-7-9-12(13(3)4)11(10)6-2/h1-2,7-9H,3-4H3/p+1. The van der Waals surface area contributed by atoms with Crippen LogP contribution in [0.3, 0.4) is 0 Å². The molecule has 0 spiro atoms. The molecule has 1 heteroatoms. The summed E-state index contributed by atoms with van der Waals surface area (Å²) in [7, 11) is 4.05. The smallest absolute Gasteiger partial charge is 0.147 e. The fraction of sp³-hybridized carbons (Fsp3) is 0.167. The van der Waals surface area contributed by atoms with Crippen molar-refractivity contribution in [3.8, 4) is 24.7 Å². The van der Waals surface area contributed by atoms with Crippen molar-refractivity contribution in [2.24, 2.45) is 0 Å². The Morgan fingerprint density at radius 3 is 2.31 bits per heavy atom. The highest BCUT2D eigenvalue weighted by Gasteiger charge is 2.09. The Kier molecular flexibility index (Phi) is 2.75. The van der Waals surface area contributed by atoms with Crippen LogP contribution in [0.1, 0.15) is 11.1 Å². The molecule has 0 amide bonds. The Hall–Kier alpha value is -1.70. The predicted octanol–water partition coefficient (Wildman–Crippen LogP) is 0.425. The number of quaternary nitrogens is 1. The largest absolute Gasteiger partial charge is 0.306 e. The van der Waals surface area contributed by atoms with Crippen molar-refractivity contribution in [2.75, 3.05) is 14.1 Å². The summed E-state index contributed by atoms with van der Waals surface area (Å²) in [5, 5.41) is 0. The molecule has 0 fully saturated rings. The Labute approximate surface area is 79.4 Å². The molecule has 0 saturated carbocycles. The van der Waals surface area contributed by atoms with Crippen LogP contribution in [0, 0.1) is 24.7 Å². The van der Waals surface area contributed by atoms with E-state index in [1.807, 2.05) is 32.3 Å². The zero-order valence-corrected chi connectivity index (χ0v) is 7.89. The van der Waals surface area contributed by atoms with Crippen LogP contribution in [-0.2, 0) is 0 Å². The van der Waals surface area contributed by atoms with E-state index in [1.54, 1.807) is 0 Å². The lowest BCUT2D eigenvalue weighted by atomic mass is 10.1. The molecule has 0 aromatic heterocycles. The van der Waals surface area contributed by atoms with Gasteiger partial charge in [-0.3, -0.25) is 0 Å². The van der Waals surface area contributed by atoms with Gasteiger partial charge in [0.1, 0.15) is 11.3 Å². The maximum atomic E-state index is 5.41. The molecular formula is C12H12N+. The maximum Gasteiger partial charge on any atom is 0.147 e. The number of hydrogen-bond acceptors (Lipinski definition) is 0. The maximum absolute atomic E-state index is 5.41. The Bertz CT molecular complexity index is 389. The molecule has 1 aromatic rings. The molecule has 13 heavy (non-hydrogen) atoms. The minimum atomic E-state index is 0.793. The molecule has 1 nitrogen and oxygen atoms in total. The summed E-state index contributed by atoms with van der Waals surface area (Å²) < 4.78 is 0. The molecular weight excluding hydrogens is 158 g/mol. The lowest BCUT2D eigenvalue weighted by molar-refractivity contribution is -0.786. The van der Waals surface area contributed by atoms with E-state index in [-0.39, 0.29) is 0 Å². The Balaban J connectivity index is 3.40. The van der Waals surface area contributed by atoms with Crippen molar-refractivity contribution in [3.05, 3.63) is 29.3 Å². The second kappa shape index (κ2) is 3.81. The van der Waals surface area contributed by atoms with E-state index in [1.165, 1.54) is 4.90 Å². The van der Waals surface area contributed by atoms with Crippen LogP contribution < -0.4 is 4.90 Å². The summed E-state index contributed by atoms with van der Waals surface area (Å²) in [5.74, 6) is 5.22. The molecule has 0 radical (unpaired) electrons. The van der Waals surface area contributed by atoms with Crippen LogP contribution >= 0.6 is 0 Å². The van der Waals surface area contributed by atoms with Crippen molar-refractivity contribution >= 4 is 5.69 Å². The number of terminal acetylenes is 2. The van der Waals surface area contributed by atoms with Crippen LogP contribution in [0.2, 0.25) is 0 Å². The quantitative estimate of drug-likeness (QED) is 0.583. The van der Waals surface area contributed by atoms with Gasteiger partial charge in [0, 0.05) is 11.6 Å². The SMILES string of the molecule is C#Cc1cccc([NH+](C)C)c1C#C. The first-order valence-corrected chi connectivity index (χ1v) is 4.07. The van der Waals surface area contributed by atoms with Gasteiger partial charge in [0.15, 0.2) is 0 Å².